The Morgan fingerprint density at radius 3 is 2.38 bits per heavy atom. The maximum Gasteiger partial charge on any atom is 0.338 e. The number of likely N-dealkylation sites (N-methyl/N-ethyl adjacent to an activating group) is 1. The van der Waals surface area contributed by atoms with Gasteiger partial charge in [0, 0.05) is 13.6 Å². The average Bonchev–Trinajstić information content (AvgIpc) is 2.62. The van der Waals surface area contributed by atoms with Crippen molar-refractivity contribution in [1.29, 1.82) is 0 Å². The number of carbonyl (C=O) groups is 2. The van der Waals surface area contributed by atoms with Crippen LogP contribution in [0.1, 0.15) is 32.6 Å². The monoisotopic (exact) mass is 355 g/mol. The van der Waals surface area contributed by atoms with E-state index in [9.17, 15) is 9.59 Å². The summed E-state index contributed by atoms with van der Waals surface area (Å²) in [6.45, 7) is 6.12. The third-order valence-corrected chi connectivity index (χ3v) is 4.30. The molecule has 0 aliphatic carbocycles. The van der Waals surface area contributed by atoms with Crippen molar-refractivity contribution in [3.63, 3.8) is 0 Å². The number of esters is 1. The number of aryl methyl sites for hydroxylation is 3. The van der Waals surface area contributed by atoms with Crippen molar-refractivity contribution in [2.45, 2.75) is 27.3 Å². The van der Waals surface area contributed by atoms with E-state index in [2.05, 4.69) is 6.07 Å². The van der Waals surface area contributed by atoms with Crippen LogP contribution in [-0.2, 0) is 16.1 Å². The second-order valence-corrected chi connectivity index (χ2v) is 6.44. The molecule has 5 heteroatoms. The van der Waals surface area contributed by atoms with Gasteiger partial charge in [-0.25, -0.2) is 4.79 Å². The third kappa shape index (κ3) is 4.85. The first kappa shape index (κ1) is 19.5. The molecule has 0 aliphatic heterocycles. The fourth-order valence-electron chi connectivity index (χ4n) is 2.63. The zero-order chi connectivity index (χ0) is 19.3. The largest absolute Gasteiger partial charge is 0.496 e. The van der Waals surface area contributed by atoms with Crippen LogP contribution in [0.4, 0.5) is 0 Å². The number of carbonyl (C=O) groups excluding carboxylic acids is 2. The standard InChI is InChI=1S/C21H25NO4/c1-14-6-8-18(16(3)10-14)12-22(4)20(23)13-26-21(24)17-9-7-15(2)19(11-17)25-5/h6-11H,12-13H2,1-5H3. The molecule has 2 aromatic carbocycles. The van der Waals surface area contributed by atoms with Crippen molar-refractivity contribution < 1.29 is 19.1 Å². The third-order valence-electron chi connectivity index (χ3n) is 4.30. The van der Waals surface area contributed by atoms with Gasteiger partial charge in [-0.1, -0.05) is 29.8 Å². The van der Waals surface area contributed by atoms with E-state index in [-0.39, 0.29) is 12.5 Å². The number of methoxy groups -OCH3 is 1. The molecular formula is C21H25NO4. The quantitative estimate of drug-likeness (QED) is 0.745. The van der Waals surface area contributed by atoms with E-state index in [4.69, 9.17) is 9.47 Å². The normalized spacial score (nSPS) is 10.3. The summed E-state index contributed by atoms with van der Waals surface area (Å²) >= 11 is 0. The van der Waals surface area contributed by atoms with Crippen molar-refractivity contribution in [3.05, 3.63) is 64.2 Å². The van der Waals surface area contributed by atoms with E-state index in [1.165, 1.54) is 5.56 Å². The predicted octanol–water partition coefficient (Wildman–Crippen LogP) is 3.44. The minimum Gasteiger partial charge on any atom is -0.496 e. The summed E-state index contributed by atoms with van der Waals surface area (Å²) in [6.07, 6.45) is 0. The van der Waals surface area contributed by atoms with Gasteiger partial charge in [-0.2, -0.15) is 0 Å². The fourth-order valence-corrected chi connectivity index (χ4v) is 2.63. The molecule has 0 unspecified atom stereocenters. The highest BCUT2D eigenvalue weighted by Gasteiger charge is 2.15. The van der Waals surface area contributed by atoms with Crippen molar-refractivity contribution in [2.24, 2.45) is 0 Å². The van der Waals surface area contributed by atoms with E-state index >= 15 is 0 Å². The molecule has 0 atom stereocenters. The highest BCUT2D eigenvalue weighted by molar-refractivity contribution is 5.91. The molecule has 26 heavy (non-hydrogen) atoms. The van der Waals surface area contributed by atoms with Crippen LogP contribution in [0.15, 0.2) is 36.4 Å². The number of hydrogen-bond donors (Lipinski definition) is 0. The van der Waals surface area contributed by atoms with Crippen LogP contribution in [0.25, 0.3) is 0 Å². The summed E-state index contributed by atoms with van der Waals surface area (Å²) in [6, 6.07) is 11.2. The van der Waals surface area contributed by atoms with Crippen molar-refractivity contribution in [3.8, 4) is 5.75 Å². The first-order valence-corrected chi connectivity index (χ1v) is 8.43. The zero-order valence-electron chi connectivity index (χ0n) is 16.0. The van der Waals surface area contributed by atoms with Crippen LogP contribution in [0, 0.1) is 20.8 Å². The summed E-state index contributed by atoms with van der Waals surface area (Å²) in [4.78, 5) is 26.0. The molecule has 0 bridgehead atoms. The van der Waals surface area contributed by atoms with Crippen LogP contribution in [0.2, 0.25) is 0 Å². The number of nitrogens with zero attached hydrogens (tertiary/aromatic N) is 1. The van der Waals surface area contributed by atoms with Crippen LogP contribution >= 0.6 is 0 Å². The number of hydrogen-bond acceptors (Lipinski definition) is 4. The summed E-state index contributed by atoms with van der Waals surface area (Å²) in [5.41, 5.74) is 4.67. The maximum absolute atomic E-state index is 12.3. The molecule has 0 radical (unpaired) electrons. The van der Waals surface area contributed by atoms with Crippen LogP contribution < -0.4 is 4.74 Å². The Morgan fingerprint density at radius 2 is 1.73 bits per heavy atom. The van der Waals surface area contributed by atoms with Crippen molar-refractivity contribution >= 4 is 11.9 Å². The molecule has 5 nitrogen and oxygen atoms in total. The lowest BCUT2D eigenvalue weighted by molar-refractivity contribution is -0.133. The molecule has 0 aromatic heterocycles. The van der Waals surface area contributed by atoms with E-state index in [1.54, 1.807) is 37.3 Å². The van der Waals surface area contributed by atoms with Gasteiger partial charge in [0.2, 0.25) is 0 Å². The Kier molecular flexibility index (Phi) is 6.39. The first-order chi connectivity index (χ1) is 12.3. The SMILES string of the molecule is COc1cc(C(=O)OCC(=O)N(C)Cc2ccc(C)cc2C)ccc1C. The summed E-state index contributed by atoms with van der Waals surface area (Å²) in [5, 5.41) is 0. The zero-order valence-corrected chi connectivity index (χ0v) is 16.0. The summed E-state index contributed by atoms with van der Waals surface area (Å²) < 4.78 is 10.4. The smallest absolute Gasteiger partial charge is 0.338 e. The Balaban J connectivity index is 1.93. The van der Waals surface area contributed by atoms with Crippen molar-refractivity contribution in [2.75, 3.05) is 20.8 Å². The predicted molar refractivity (Wildman–Crippen MR) is 100 cm³/mol. The molecule has 2 rings (SSSR count). The van der Waals surface area contributed by atoms with Gasteiger partial charge in [0.25, 0.3) is 5.91 Å². The van der Waals surface area contributed by atoms with E-state index in [0.717, 1.165) is 16.7 Å². The Labute approximate surface area is 154 Å². The number of amides is 1. The highest BCUT2D eigenvalue weighted by atomic mass is 16.5. The number of benzene rings is 2. The molecule has 0 spiro atoms. The molecule has 138 valence electrons. The van der Waals surface area contributed by atoms with Gasteiger partial charge < -0.3 is 14.4 Å². The van der Waals surface area contributed by atoms with Crippen LogP contribution in [0.5, 0.6) is 5.75 Å². The lowest BCUT2D eigenvalue weighted by Gasteiger charge is -2.19. The lowest BCUT2D eigenvalue weighted by Crippen LogP contribution is -2.31. The first-order valence-electron chi connectivity index (χ1n) is 8.43. The molecular weight excluding hydrogens is 330 g/mol. The summed E-state index contributed by atoms with van der Waals surface area (Å²) in [5.74, 6) is -0.188. The van der Waals surface area contributed by atoms with Crippen molar-refractivity contribution in [1.82, 2.24) is 4.90 Å². The Bertz CT molecular complexity index is 814. The summed E-state index contributed by atoms with van der Waals surface area (Å²) in [7, 11) is 3.24. The van der Waals surface area contributed by atoms with E-state index < -0.39 is 5.97 Å². The second kappa shape index (κ2) is 8.52. The van der Waals surface area contributed by atoms with E-state index in [1.807, 2.05) is 32.9 Å². The van der Waals surface area contributed by atoms with Gasteiger partial charge in [-0.15, -0.1) is 0 Å². The van der Waals surface area contributed by atoms with E-state index in [0.29, 0.717) is 17.9 Å². The molecule has 0 fully saturated rings. The number of ether oxygens (including phenoxy) is 2. The molecule has 2 aromatic rings. The molecule has 1 amide bonds. The molecule has 0 N–H and O–H groups in total. The molecule has 0 heterocycles. The van der Waals surface area contributed by atoms with Gasteiger partial charge in [0.1, 0.15) is 5.75 Å². The molecule has 0 saturated heterocycles. The van der Waals surface area contributed by atoms with Gasteiger partial charge >= 0.3 is 5.97 Å². The minimum atomic E-state index is -0.545. The molecule has 0 saturated carbocycles. The highest BCUT2D eigenvalue weighted by Crippen LogP contribution is 2.19. The van der Waals surface area contributed by atoms with Gasteiger partial charge in [0.15, 0.2) is 6.61 Å². The fraction of sp³-hybridized carbons (Fsp3) is 0.333. The molecule has 0 aliphatic rings. The lowest BCUT2D eigenvalue weighted by atomic mass is 10.1. The van der Waals surface area contributed by atoms with Gasteiger partial charge in [0.05, 0.1) is 12.7 Å². The van der Waals surface area contributed by atoms with Crippen LogP contribution in [-0.4, -0.2) is 37.5 Å². The second-order valence-electron chi connectivity index (χ2n) is 6.44. The Morgan fingerprint density at radius 1 is 1.00 bits per heavy atom. The van der Waals surface area contributed by atoms with Crippen LogP contribution in [0.3, 0.4) is 0 Å². The average molecular weight is 355 g/mol. The minimum absolute atomic E-state index is 0.252. The maximum atomic E-state index is 12.3. The van der Waals surface area contributed by atoms with Gasteiger partial charge in [-0.05, 0) is 49.6 Å². The topological polar surface area (TPSA) is 55.8 Å². The number of rotatable bonds is 6. The Hall–Kier alpha value is -2.82. The van der Waals surface area contributed by atoms with Gasteiger partial charge in [-0.3, -0.25) is 4.79 Å².